The fourth-order valence-corrected chi connectivity index (χ4v) is 5.25. The zero-order valence-corrected chi connectivity index (χ0v) is 18.6. The van der Waals surface area contributed by atoms with Crippen LogP contribution in [0.25, 0.3) is 0 Å². The van der Waals surface area contributed by atoms with E-state index >= 15 is 0 Å². The second kappa shape index (κ2) is 8.46. The summed E-state index contributed by atoms with van der Waals surface area (Å²) in [7, 11) is 0. The van der Waals surface area contributed by atoms with Crippen LogP contribution < -0.4 is 5.32 Å². The van der Waals surface area contributed by atoms with Crippen molar-refractivity contribution in [3.8, 4) is 0 Å². The average molecular weight is 457 g/mol. The van der Waals surface area contributed by atoms with E-state index in [-0.39, 0.29) is 24.4 Å². The third-order valence-electron chi connectivity index (χ3n) is 6.93. The third kappa shape index (κ3) is 3.89. The molecule has 0 radical (unpaired) electrons. The summed E-state index contributed by atoms with van der Waals surface area (Å²) >= 11 is 6.16. The van der Waals surface area contributed by atoms with Gasteiger partial charge in [0.05, 0.1) is 6.67 Å². The van der Waals surface area contributed by atoms with E-state index in [0.29, 0.717) is 56.2 Å². The Kier molecular flexibility index (Phi) is 5.65. The number of amides is 3. The van der Waals surface area contributed by atoms with Gasteiger partial charge < -0.3 is 5.32 Å². The molecule has 0 saturated carbocycles. The Morgan fingerprint density at radius 1 is 0.969 bits per heavy atom. The van der Waals surface area contributed by atoms with Gasteiger partial charge in [0.15, 0.2) is 0 Å². The molecule has 3 aliphatic rings. The van der Waals surface area contributed by atoms with Gasteiger partial charge in [-0.1, -0.05) is 41.9 Å². The van der Waals surface area contributed by atoms with E-state index in [1.165, 1.54) is 16.5 Å². The van der Waals surface area contributed by atoms with E-state index < -0.39 is 5.54 Å². The maximum Gasteiger partial charge on any atom is 0.326 e. The summed E-state index contributed by atoms with van der Waals surface area (Å²) in [5.41, 5.74) is 2.07. The first-order chi connectivity index (χ1) is 15.4. The number of benzene rings is 2. The molecule has 0 aromatic heterocycles. The number of carbonyl (C=O) groups is 2. The lowest BCUT2D eigenvalue weighted by atomic mass is 9.78. The summed E-state index contributed by atoms with van der Waals surface area (Å²) in [6, 6.07) is 12.5. The summed E-state index contributed by atoms with van der Waals surface area (Å²) in [6.07, 6.45) is 1.96. The highest BCUT2D eigenvalue weighted by atomic mass is 35.5. The Morgan fingerprint density at radius 3 is 2.44 bits per heavy atom. The zero-order chi connectivity index (χ0) is 22.3. The fraction of sp³-hybridized carbons (Fsp3) is 0.417. The van der Waals surface area contributed by atoms with Crippen molar-refractivity contribution in [3.05, 3.63) is 70.0 Å². The maximum absolute atomic E-state index is 14.1. The van der Waals surface area contributed by atoms with E-state index in [4.69, 9.17) is 11.6 Å². The summed E-state index contributed by atoms with van der Waals surface area (Å²) < 4.78 is 14.1. The zero-order valence-electron chi connectivity index (χ0n) is 17.8. The predicted molar refractivity (Wildman–Crippen MR) is 120 cm³/mol. The lowest BCUT2D eigenvalue weighted by molar-refractivity contribution is -0.133. The fourth-order valence-electron chi connectivity index (χ4n) is 5.03. The van der Waals surface area contributed by atoms with Crippen LogP contribution in [0.5, 0.6) is 0 Å². The van der Waals surface area contributed by atoms with Gasteiger partial charge in [-0.25, -0.2) is 14.1 Å². The van der Waals surface area contributed by atoms with Crippen LogP contribution in [0.3, 0.4) is 0 Å². The Balaban J connectivity index is 1.20. The van der Waals surface area contributed by atoms with Crippen molar-refractivity contribution >= 4 is 23.5 Å². The Hall–Kier alpha value is -2.48. The first-order valence-corrected chi connectivity index (χ1v) is 11.4. The number of aryl methyl sites for hydroxylation is 1. The van der Waals surface area contributed by atoms with Crippen molar-refractivity contribution in [2.75, 3.05) is 32.8 Å². The number of piperazine rings is 1. The number of nitrogens with one attached hydrogen (secondary N) is 1. The lowest BCUT2D eigenvalue weighted by Crippen LogP contribution is -2.53. The number of urea groups is 1. The van der Waals surface area contributed by atoms with Crippen LogP contribution in [0.1, 0.15) is 23.1 Å². The van der Waals surface area contributed by atoms with E-state index in [9.17, 15) is 14.0 Å². The summed E-state index contributed by atoms with van der Waals surface area (Å²) in [4.78, 5) is 31.6. The monoisotopic (exact) mass is 456 g/mol. The number of imide groups is 1. The molecule has 2 saturated heterocycles. The molecule has 2 fully saturated rings. The van der Waals surface area contributed by atoms with Crippen LogP contribution >= 0.6 is 11.6 Å². The normalized spacial score (nSPS) is 24.1. The van der Waals surface area contributed by atoms with Crippen LogP contribution in [-0.2, 0) is 24.2 Å². The molecule has 6 nitrogen and oxygen atoms in total. The first-order valence-electron chi connectivity index (χ1n) is 11.0. The van der Waals surface area contributed by atoms with Gasteiger partial charge in [0, 0.05) is 49.7 Å². The van der Waals surface area contributed by atoms with Gasteiger partial charge in [-0.15, -0.1) is 0 Å². The third-order valence-corrected chi connectivity index (χ3v) is 7.28. The van der Waals surface area contributed by atoms with E-state index in [0.717, 1.165) is 12.0 Å². The second-order valence-electron chi connectivity index (χ2n) is 8.93. The molecule has 1 unspecified atom stereocenters. The quantitative estimate of drug-likeness (QED) is 0.718. The Bertz CT molecular complexity index is 1040. The van der Waals surface area contributed by atoms with Crippen LogP contribution in [0, 0.1) is 5.82 Å². The number of rotatable bonds is 4. The molecule has 1 N–H and O–H groups in total. The molecule has 1 atom stereocenters. The summed E-state index contributed by atoms with van der Waals surface area (Å²) in [6.45, 7) is 3.55. The van der Waals surface area contributed by atoms with Crippen molar-refractivity contribution in [2.45, 2.75) is 31.3 Å². The molecule has 0 bridgehead atoms. The number of carbonyl (C=O) groups excluding carboxylic acids is 2. The highest BCUT2D eigenvalue weighted by molar-refractivity contribution is 6.31. The molecule has 168 valence electrons. The van der Waals surface area contributed by atoms with Crippen LogP contribution in [0.4, 0.5) is 9.18 Å². The van der Waals surface area contributed by atoms with Gasteiger partial charge in [-0.2, -0.15) is 0 Å². The number of hydrogen-bond donors (Lipinski definition) is 1. The molecule has 2 aromatic carbocycles. The lowest BCUT2D eigenvalue weighted by Gasteiger charge is -2.36. The Labute approximate surface area is 191 Å². The molecule has 1 spiro atoms. The molecule has 1 aliphatic carbocycles. The number of halogens is 2. The number of fused-ring (bicyclic) bond motifs is 1. The smallest absolute Gasteiger partial charge is 0.323 e. The predicted octanol–water partition coefficient (Wildman–Crippen LogP) is 3.03. The molecule has 3 amide bonds. The first kappa shape index (κ1) is 21.4. The van der Waals surface area contributed by atoms with Crippen molar-refractivity contribution in [3.63, 3.8) is 0 Å². The van der Waals surface area contributed by atoms with Crippen LogP contribution in [0.2, 0.25) is 5.02 Å². The topological polar surface area (TPSA) is 55.9 Å². The highest BCUT2D eigenvalue weighted by Gasteiger charge is 2.52. The van der Waals surface area contributed by atoms with E-state index in [1.54, 1.807) is 12.1 Å². The molecule has 2 aromatic rings. The molecule has 5 rings (SSSR count). The van der Waals surface area contributed by atoms with E-state index in [1.807, 2.05) is 18.2 Å². The molecular weight excluding hydrogens is 431 g/mol. The van der Waals surface area contributed by atoms with Gasteiger partial charge in [-0.3, -0.25) is 14.6 Å². The largest absolute Gasteiger partial charge is 0.326 e. The Morgan fingerprint density at radius 2 is 1.69 bits per heavy atom. The van der Waals surface area contributed by atoms with Gasteiger partial charge in [0.1, 0.15) is 11.4 Å². The molecule has 2 heterocycles. The highest BCUT2D eigenvalue weighted by Crippen LogP contribution is 2.33. The van der Waals surface area contributed by atoms with E-state index in [2.05, 4.69) is 21.2 Å². The molecular formula is C24H26ClFN4O2. The van der Waals surface area contributed by atoms with Crippen molar-refractivity contribution in [2.24, 2.45) is 0 Å². The van der Waals surface area contributed by atoms with Gasteiger partial charge in [0.25, 0.3) is 5.91 Å². The van der Waals surface area contributed by atoms with Crippen molar-refractivity contribution in [1.82, 2.24) is 20.0 Å². The SMILES string of the molecule is O=C1NC2(CCc3ccccc3C2)C(=O)N1CN1CCN(Cc2c(F)cccc2Cl)CC1. The van der Waals surface area contributed by atoms with Gasteiger partial charge in [-0.05, 0) is 36.1 Å². The maximum atomic E-state index is 14.1. The van der Waals surface area contributed by atoms with Gasteiger partial charge in [0.2, 0.25) is 0 Å². The molecule has 2 aliphatic heterocycles. The summed E-state index contributed by atoms with van der Waals surface area (Å²) in [5, 5.41) is 3.43. The van der Waals surface area contributed by atoms with Crippen LogP contribution in [0.15, 0.2) is 42.5 Å². The second-order valence-corrected chi connectivity index (χ2v) is 9.33. The molecule has 32 heavy (non-hydrogen) atoms. The minimum atomic E-state index is -0.825. The van der Waals surface area contributed by atoms with Crippen molar-refractivity contribution < 1.29 is 14.0 Å². The standard InChI is InChI=1S/C24H26ClFN4O2/c25-20-6-3-7-21(26)19(20)15-28-10-12-29(13-11-28)16-30-22(31)24(27-23(30)32)9-8-17-4-1-2-5-18(17)14-24/h1-7H,8-16H2,(H,27,32). The number of hydrogen-bond acceptors (Lipinski definition) is 4. The average Bonchev–Trinajstić information content (AvgIpc) is 3.01. The van der Waals surface area contributed by atoms with Gasteiger partial charge >= 0.3 is 6.03 Å². The molecule has 8 heteroatoms. The summed E-state index contributed by atoms with van der Waals surface area (Å²) in [5.74, 6) is -0.420. The number of nitrogens with zero attached hydrogens (tertiary/aromatic N) is 3. The van der Waals surface area contributed by atoms with Crippen LogP contribution in [-0.4, -0.2) is 65.0 Å². The van der Waals surface area contributed by atoms with Crippen molar-refractivity contribution in [1.29, 1.82) is 0 Å². The minimum Gasteiger partial charge on any atom is -0.323 e. The minimum absolute atomic E-state index is 0.127.